The van der Waals surface area contributed by atoms with Gasteiger partial charge in [0.2, 0.25) is 0 Å². The number of fused-ring (bicyclic) bond motifs is 1. The van der Waals surface area contributed by atoms with Crippen LogP contribution in [0.5, 0.6) is 5.75 Å². The molecule has 0 aliphatic heterocycles. The Bertz CT molecular complexity index is 753. The second-order valence-corrected chi connectivity index (χ2v) is 5.30. The van der Waals surface area contributed by atoms with Gasteiger partial charge in [-0.05, 0) is 47.9 Å². The van der Waals surface area contributed by atoms with Gasteiger partial charge in [0, 0.05) is 6.61 Å². The highest BCUT2D eigenvalue weighted by molar-refractivity contribution is 5.94. The zero-order valence-corrected chi connectivity index (χ0v) is 13.8. The Kier molecular flexibility index (Phi) is 6.98. The molecule has 0 aromatic heterocycles. The molecule has 2 aromatic carbocycles. The van der Waals surface area contributed by atoms with Crippen molar-refractivity contribution in [2.75, 3.05) is 19.8 Å². The van der Waals surface area contributed by atoms with Gasteiger partial charge in [-0.3, -0.25) is 0 Å². The van der Waals surface area contributed by atoms with E-state index in [1.54, 1.807) is 36.4 Å². The minimum absolute atomic E-state index is 0.206. The molecule has 0 aliphatic carbocycles. The van der Waals surface area contributed by atoms with Crippen LogP contribution in [0.25, 0.3) is 10.8 Å². The van der Waals surface area contributed by atoms with Crippen LogP contribution in [-0.2, 0) is 9.47 Å². The molecule has 2 aromatic rings. The third-order valence-corrected chi connectivity index (χ3v) is 3.40. The monoisotopic (exact) mass is 344 g/mol. The van der Waals surface area contributed by atoms with Crippen molar-refractivity contribution in [2.45, 2.75) is 12.8 Å². The normalized spacial score (nSPS) is 10.4. The number of benzene rings is 2. The van der Waals surface area contributed by atoms with Crippen LogP contribution in [0.15, 0.2) is 49.1 Å². The topological polar surface area (TPSA) is 82.1 Å². The van der Waals surface area contributed by atoms with Gasteiger partial charge in [-0.1, -0.05) is 18.2 Å². The van der Waals surface area contributed by atoms with Gasteiger partial charge in [0.15, 0.2) is 0 Å². The van der Waals surface area contributed by atoms with Crippen molar-refractivity contribution in [2.24, 2.45) is 0 Å². The summed E-state index contributed by atoms with van der Waals surface area (Å²) in [7, 11) is 0. The fourth-order valence-corrected chi connectivity index (χ4v) is 2.17. The first-order chi connectivity index (χ1) is 12.1. The van der Waals surface area contributed by atoms with Gasteiger partial charge in [0.1, 0.15) is 5.75 Å². The van der Waals surface area contributed by atoms with E-state index in [0.29, 0.717) is 25.4 Å². The van der Waals surface area contributed by atoms with Gasteiger partial charge < -0.3 is 19.3 Å². The zero-order chi connectivity index (χ0) is 18.1. The van der Waals surface area contributed by atoms with Crippen molar-refractivity contribution in [3.8, 4) is 5.75 Å². The molecule has 0 bridgehead atoms. The number of carbonyl (C=O) groups excluding carboxylic acids is 1. The van der Waals surface area contributed by atoms with E-state index < -0.39 is 12.1 Å². The molecule has 25 heavy (non-hydrogen) atoms. The second-order valence-electron chi connectivity index (χ2n) is 5.30. The third-order valence-electron chi connectivity index (χ3n) is 3.40. The number of ether oxygens (including phenoxy) is 3. The predicted molar refractivity (Wildman–Crippen MR) is 93.1 cm³/mol. The van der Waals surface area contributed by atoms with Crippen LogP contribution in [0, 0.1) is 0 Å². The quantitative estimate of drug-likeness (QED) is 0.320. The van der Waals surface area contributed by atoms with Crippen LogP contribution < -0.4 is 4.74 Å². The van der Waals surface area contributed by atoms with E-state index in [-0.39, 0.29) is 12.2 Å². The van der Waals surface area contributed by atoms with Crippen molar-refractivity contribution < 1.29 is 28.9 Å². The maximum absolute atomic E-state index is 11.7. The lowest BCUT2D eigenvalue weighted by Crippen LogP contribution is -2.11. The van der Waals surface area contributed by atoms with Crippen LogP contribution >= 0.6 is 0 Å². The summed E-state index contributed by atoms with van der Waals surface area (Å²) in [4.78, 5) is 22.6. The lowest BCUT2D eigenvalue weighted by Gasteiger charge is -2.07. The number of aromatic carboxylic acids is 1. The zero-order valence-electron chi connectivity index (χ0n) is 13.8. The molecule has 0 spiro atoms. The molecule has 1 N–H and O–H groups in total. The third kappa shape index (κ3) is 5.93. The van der Waals surface area contributed by atoms with Crippen LogP contribution in [-0.4, -0.2) is 37.1 Å². The molecule has 132 valence electrons. The summed E-state index contributed by atoms with van der Waals surface area (Å²) < 4.78 is 15.3. The van der Waals surface area contributed by atoms with E-state index in [1.807, 2.05) is 0 Å². The van der Waals surface area contributed by atoms with Crippen molar-refractivity contribution >= 4 is 22.9 Å². The van der Waals surface area contributed by atoms with E-state index in [2.05, 4.69) is 6.58 Å². The number of hydrogen-bond donors (Lipinski definition) is 1. The molecule has 6 heteroatoms. The fourth-order valence-electron chi connectivity index (χ4n) is 2.17. The lowest BCUT2D eigenvalue weighted by molar-refractivity contribution is 0.0696. The average molecular weight is 344 g/mol. The maximum atomic E-state index is 11.7. The molecule has 6 nitrogen and oxygen atoms in total. The molecule has 2 rings (SSSR count). The largest absolute Gasteiger partial charge is 0.513 e. The Hall–Kier alpha value is -2.86. The summed E-state index contributed by atoms with van der Waals surface area (Å²) >= 11 is 0. The van der Waals surface area contributed by atoms with Gasteiger partial charge in [0.05, 0.1) is 18.8 Å². The van der Waals surface area contributed by atoms with Gasteiger partial charge in [-0.25, -0.2) is 9.59 Å². The molecule has 0 unspecified atom stereocenters. The molecule has 0 saturated carbocycles. The molecule has 0 fully saturated rings. The van der Waals surface area contributed by atoms with Crippen molar-refractivity contribution in [3.63, 3.8) is 0 Å². The summed E-state index contributed by atoms with van der Waals surface area (Å²) in [6, 6.07) is 9.68. The maximum Gasteiger partial charge on any atom is 0.513 e. The molecule has 0 atom stereocenters. The first-order valence-electron chi connectivity index (χ1n) is 7.90. The number of hydrogen-bond acceptors (Lipinski definition) is 5. The molecule has 0 saturated heterocycles. The van der Waals surface area contributed by atoms with Gasteiger partial charge in [0.25, 0.3) is 0 Å². The molecule has 0 amide bonds. The average Bonchev–Trinajstić information content (AvgIpc) is 2.60. The van der Waals surface area contributed by atoms with Crippen LogP contribution in [0.1, 0.15) is 23.2 Å². The SMILES string of the molecule is C=CCOCCCCOC(=O)Oc1ccc2cc(C(=O)O)ccc2c1. The number of rotatable bonds is 9. The Morgan fingerprint density at radius 1 is 1.04 bits per heavy atom. The van der Waals surface area contributed by atoms with Crippen LogP contribution in [0.2, 0.25) is 0 Å². The van der Waals surface area contributed by atoms with E-state index in [4.69, 9.17) is 19.3 Å². The Labute approximate surface area is 145 Å². The Morgan fingerprint density at radius 3 is 2.52 bits per heavy atom. The molecule has 0 heterocycles. The minimum atomic E-state index is -0.985. The second kappa shape index (κ2) is 9.44. The van der Waals surface area contributed by atoms with Gasteiger partial charge in [-0.15, -0.1) is 6.58 Å². The highest BCUT2D eigenvalue weighted by atomic mass is 16.7. The smallest absolute Gasteiger partial charge is 0.478 e. The highest BCUT2D eigenvalue weighted by Gasteiger charge is 2.08. The standard InChI is InChI=1S/C19H20O6/c1-2-9-23-10-3-4-11-24-19(22)25-17-8-7-14-12-16(18(20)21)6-5-15(14)13-17/h2,5-8,12-13H,1,3-4,9-11H2,(H,20,21). The molecular formula is C19H20O6. The highest BCUT2D eigenvalue weighted by Crippen LogP contribution is 2.22. The van der Waals surface area contributed by atoms with Crippen molar-refractivity contribution in [3.05, 3.63) is 54.6 Å². The summed E-state index contributed by atoms with van der Waals surface area (Å²) in [5.74, 6) is -0.643. The van der Waals surface area contributed by atoms with Gasteiger partial charge in [-0.2, -0.15) is 0 Å². The van der Waals surface area contributed by atoms with Gasteiger partial charge >= 0.3 is 12.1 Å². The Balaban J connectivity index is 1.81. The lowest BCUT2D eigenvalue weighted by atomic mass is 10.1. The summed E-state index contributed by atoms with van der Waals surface area (Å²) in [5.41, 5.74) is 0.206. The molecular weight excluding hydrogens is 324 g/mol. The number of carbonyl (C=O) groups is 2. The van der Waals surface area contributed by atoms with E-state index in [1.165, 1.54) is 6.07 Å². The number of unbranched alkanes of at least 4 members (excludes halogenated alkanes) is 1. The van der Waals surface area contributed by atoms with Crippen LogP contribution in [0.3, 0.4) is 0 Å². The van der Waals surface area contributed by atoms with Crippen LogP contribution in [0.4, 0.5) is 4.79 Å². The minimum Gasteiger partial charge on any atom is -0.478 e. The molecule has 0 radical (unpaired) electrons. The van der Waals surface area contributed by atoms with Crippen molar-refractivity contribution in [1.82, 2.24) is 0 Å². The first kappa shape index (κ1) is 18.5. The van der Waals surface area contributed by atoms with E-state index >= 15 is 0 Å². The van der Waals surface area contributed by atoms with Crippen molar-refractivity contribution in [1.29, 1.82) is 0 Å². The number of carboxylic acids is 1. The Morgan fingerprint density at radius 2 is 1.76 bits per heavy atom. The predicted octanol–water partition coefficient (Wildman–Crippen LogP) is 4.04. The molecule has 0 aliphatic rings. The fraction of sp³-hybridized carbons (Fsp3) is 0.263. The summed E-state index contributed by atoms with van der Waals surface area (Å²) in [6.45, 7) is 4.91. The van der Waals surface area contributed by atoms with E-state index in [9.17, 15) is 9.59 Å². The summed E-state index contributed by atoms with van der Waals surface area (Å²) in [6.07, 6.45) is 2.37. The van der Waals surface area contributed by atoms with E-state index in [0.717, 1.165) is 17.2 Å². The first-order valence-corrected chi connectivity index (χ1v) is 7.90. The number of carboxylic acid groups (broad SMARTS) is 1. The summed E-state index contributed by atoms with van der Waals surface area (Å²) in [5, 5.41) is 10.5.